The largest absolute Gasteiger partial charge is 0.368 e. The molecule has 0 saturated carbocycles. The zero-order valence-corrected chi connectivity index (χ0v) is 15.5. The van der Waals surface area contributed by atoms with Crippen LogP contribution in [0.5, 0.6) is 0 Å². The Hall–Kier alpha value is -2.26. The average molecular weight is 355 g/mol. The molecule has 1 aliphatic rings. The van der Waals surface area contributed by atoms with E-state index in [0.717, 1.165) is 31.7 Å². The molecule has 2 aromatic carbocycles. The van der Waals surface area contributed by atoms with Gasteiger partial charge in [-0.05, 0) is 54.8 Å². The summed E-state index contributed by atoms with van der Waals surface area (Å²) in [6.45, 7) is 7.51. The molecule has 0 spiro atoms. The fraction of sp³-hybridized carbons (Fsp3) is 0.286. The second-order valence-corrected chi connectivity index (χ2v) is 6.86. The second-order valence-electron chi connectivity index (χ2n) is 6.42. The van der Waals surface area contributed by atoms with Crippen LogP contribution >= 0.6 is 11.6 Å². The van der Waals surface area contributed by atoms with Crippen molar-refractivity contribution in [3.8, 4) is 0 Å². The molecule has 4 heteroatoms. The molecule has 2 aromatic rings. The third-order valence-electron chi connectivity index (χ3n) is 4.78. The third-order valence-corrected chi connectivity index (χ3v) is 5.01. The number of halogens is 1. The van der Waals surface area contributed by atoms with Crippen LogP contribution in [-0.4, -0.2) is 37.0 Å². The van der Waals surface area contributed by atoms with Gasteiger partial charge in [0.15, 0.2) is 0 Å². The average Bonchev–Trinajstić information content (AvgIpc) is 2.62. The summed E-state index contributed by atoms with van der Waals surface area (Å²) < 4.78 is 0. The van der Waals surface area contributed by atoms with Crippen LogP contribution in [0.4, 0.5) is 5.69 Å². The van der Waals surface area contributed by atoms with Gasteiger partial charge in [-0.2, -0.15) is 0 Å². The Morgan fingerprint density at radius 1 is 1.04 bits per heavy atom. The second kappa shape index (κ2) is 7.75. The SMILES string of the molecule is Cc1cccc(N2CCN(C(=O)/C=C/c3cccc(Cl)c3)CC2)c1C. The monoisotopic (exact) mass is 354 g/mol. The summed E-state index contributed by atoms with van der Waals surface area (Å²) in [5.74, 6) is 0.0561. The minimum Gasteiger partial charge on any atom is -0.368 e. The maximum atomic E-state index is 12.4. The predicted octanol–water partition coefficient (Wildman–Crippen LogP) is 4.32. The fourth-order valence-corrected chi connectivity index (χ4v) is 3.33. The summed E-state index contributed by atoms with van der Waals surface area (Å²) in [5, 5.41) is 0.678. The molecular formula is C21H23ClN2O. The van der Waals surface area contributed by atoms with E-state index < -0.39 is 0 Å². The molecule has 1 aliphatic heterocycles. The summed E-state index contributed by atoms with van der Waals surface area (Å²) in [4.78, 5) is 16.7. The number of benzene rings is 2. The van der Waals surface area contributed by atoms with Crippen molar-refractivity contribution in [1.82, 2.24) is 4.90 Å². The molecule has 1 saturated heterocycles. The molecule has 0 unspecified atom stereocenters. The number of aryl methyl sites for hydroxylation is 1. The van der Waals surface area contributed by atoms with Crippen LogP contribution in [-0.2, 0) is 4.79 Å². The Bertz CT molecular complexity index is 792. The molecule has 1 heterocycles. The molecule has 3 nitrogen and oxygen atoms in total. The van der Waals surface area contributed by atoms with Crippen molar-refractivity contribution in [3.05, 3.63) is 70.3 Å². The highest BCUT2D eigenvalue weighted by atomic mass is 35.5. The molecule has 0 aromatic heterocycles. The summed E-state index contributed by atoms with van der Waals surface area (Å²) in [6, 6.07) is 13.9. The topological polar surface area (TPSA) is 23.6 Å². The molecule has 0 N–H and O–H groups in total. The number of amides is 1. The molecule has 130 valence electrons. The predicted molar refractivity (Wildman–Crippen MR) is 105 cm³/mol. The number of anilines is 1. The van der Waals surface area contributed by atoms with Gasteiger partial charge in [-0.1, -0.05) is 35.9 Å². The lowest BCUT2D eigenvalue weighted by Crippen LogP contribution is -2.48. The van der Waals surface area contributed by atoms with E-state index in [1.165, 1.54) is 16.8 Å². The van der Waals surface area contributed by atoms with E-state index >= 15 is 0 Å². The number of piperazine rings is 1. The van der Waals surface area contributed by atoms with Gasteiger partial charge >= 0.3 is 0 Å². The number of rotatable bonds is 3. The van der Waals surface area contributed by atoms with Crippen molar-refractivity contribution in [2.45, 2.75) is 13.8 Å². The van der Waals surface area contributed by atoms with Gasteiger partial charge in [0.1, 0.15) is 0 Å². The van der Waals surface area contributed by atoms with Crippen LogP contribution in [0.15, 0.2) is 48.5 Å². The van der Waals surface area contributed by atoms with E-state index in [9.17, 15) is 4.79 Å². The lowest BCUT2D eigenvalue weighted by Gasteiger charge is -2.36. The number of nitrogens with zero attached hydrogens (tertiary/aromatic N) is 2. The van der Waals surface area contributed by atoms with Gasteiger partial charge in [-0.3, -0.25) is 4.79 Å². The van der Waals surface area contributed by atoms with Crippen LogP contribution in [0.3, 0.4) is 0 Å². The van der Waals surface area contributed by atoms with Crippen molar-refractivity contribution >= 4 is 29.3 Å². The molecule has 1 amide bonds. The van der Waals surface area contributed by atoms with E-state index in [2.05, 4.69) is 36.9 Å². The Labute approximate surface area is 154 Å². The van der Waals surface area contributed by atoms with Crippen molar-refractivity contribution < 1.29 is 4.79 Å². The highest BCUT2D eigenvalue weighted by molar-refractivity contribution is 6.30. The molecule has 0 radical (unpaired) electrons. The Kier molecular flexibility index (Phi) is 5.44. The number of carbonyl (C=O) groups excluding carboxylic acids is 1. The van der Waals surface area contributed by atoms with Gasteiger partial charge in [0.2, 0.25) is 5.91 Å². The molecular weight excluding hydrogens is 332 g/mol. The van der Waals surface area contributed by atoms with Crippen molar-refractivity contribution in [2.24, 2.45) is 0 Å². The maximum absolute atomic E-state index is 12.4. The first-order chi connectivity index (χ1) is 12.0. The molecule has 25 heavy (non-hydrogen) atoms. The molecule has 0 atom stereocenters. The van der Waals surface area contributed by atoms with Crippen LogP contribution in [0.1, 0.15) is 16.7 Å². The van der Waals surface area contributed by atoms with Gasteiger partial charge in [0.25, 0.3) is 0 Å². The number of carbonyl (C=O) groups is 1. The van der Waals surface area contributed by atoms with Crippen molar-refractivity contribution in [2.75, 3.05) is 31.1 Å². The van der Waals surface area contributed by atoms with Crippen LogP contribution in [0.25, 0.3) is 6.08 Å². The summed E-state index contributed by atoms with van der Waals surface area (Å²) >= 11 is 5.97. The summed E-state index contributed by atoms with van der Waals surface area (Å²) in [5.41, 5.74) is 4.85. The van der Waals surface area contributed by atoms with Gasteiger partial charge in [-0.25, -0.2) is 0 Å². The quantitative estimate of drug-likeness (QED) is 0.766. The summed E-state index contributed by atoms with van der Waals surface area (Å²) in [7, 11) is 0. The van der Waals surface area contributed by atoms with Crippen LogP contribution in [0.2, 0.25) is 5.02 Å². The maximum Gasteiger partial charge on any atom is 0.246 e. The fourth-order valence-electron chi connectivity index (χ4n) is 3.13. The molecule has 0 bridgehead atoms. The van der Waals surface area contributed by atoms with Crippen LogP contribution in [0, 0.1) is 13.8 Å². The first-order valence-corrected chi connectivity index (χ1v) is 8.96. The Morgan fingerprint density at radius 2 is 1.76 bits per heavy atom. The van der Waals surface area contributed by atoms with Gasteiger partial charge < -0.3 is 9.80 Å². The van der Waals surface area contributed by atoms with E-state index in [1.54, 1.807) is 6.08 Å². The van der Waals surface area contributed by atoms with Crippen molar-refractivity contribution in [3.63, 3.8) is 0 Å². The zero-order valence-electron chi connectivity index (χ0n) is 14.7. The molecule has 3 rings (SSSR count). The third kappa shape index (κ3) is 4.23. The minimum absolute atomic E-state index is 0.0561. The lowest BCUT2D eigenvalue weighted by molar-refractivity contribution is -0.126. The van der Waals surface area contributed by atoms with Crippen molar-refractivity contribution in [1.29, 1.82) is 0 Å². The first kappa shape index (κ1) is 17.6. The smallest absolute Gasteiger partial charge is 0.246 e. The van der Waals surface area contributed by atoms with Gasteiger partial charge in [-0.15, -0.1) is 0 Å². The normalized spacial score (nSPS) is 15.0. The van der Waals surface area contributed by atoms with E-state index in [0.29, 0.717) is 5.02 Å². The van der Waals surface area contributed by atoms with E-state index in [4.69, 9.17) is 11.6 Å². The lowest BCUT2D eigenvalue weighted by atomic mass is 10.1. The molecule has 1 fully saturated rings. The zero-order chi connectivity index (χ0) is 17.8. The van der Waals surface area contributed by atoms with Gasteiger partial charge in [0, 0.05) is 43.0 Å². The highest BCUT2D eigenvalue weighted by Gasteiger charge is 2.20. The van der Waals surface area contributed by atoms with Gasteiger partial charge in [0.05, 0.1) is 0 Å². The number of hydrogen-bond acceptors (Lipinski definition) is 2. The first-order valence-electron chi connectivity index (χ1n) is 8.58. The summed E-state index contributed by atoms with van der Waals surface area (Å²) in [6.07, 6.45) is 3.46. The standard InChI is InChI=1S/C21H23ClN2O/c1-16-5-3-8-20(17(16)2)23-11-13-24(14-12-23)21(25)10-9-18-6-4-7-19(22)15-18/h3-10,15H,11-14H2,1-2H3/b10-9+. The highest BCUT2D eigenvalue weighted by Crippen LogP contribution is 2.24. The van der Waals surface area contributed by atoms with Crippen LogP contribution < -0.4 is 4.90 Å². The minimum atomic E-state index is 0.0561. The Morgan fingerprint density at radius 3 is 2.48 bits per heavy atom. The van der Waals surface area contributed by atoms with E-state index in [1.807, 2.05) is 35.2 Å². The number of hydrogen-bond donors (Lipinski definition) is 0. The molecule has 0 aliphatic carbocycles. The Balaban J connectivity index is 1.60. The van der Waals surface area contributed by atoms with E-state index in [-0.39, 0.29) is 5.91 Å².